The van der Waals surface area contributed by atoms with Gasteiger partial charge in [0.05, 0.1) is 0 Å². The highest BCUT2D eigenvalue weighted by atomic mass is 16.4. The molecule has 60 valence electrons. The molecular weight excluding hydrogens is 140 g/mol. The first-order chi connectivity index (χ1) is 5.21. The normalized spacial score (nSPS) is 22.1. The molecule has 1 aliphatic carbocycles. The third kappa shape index (κ3) is 1.37. The van der Waals surface area contributed by atoms with E-state index in [1.165, 1.54) is 0 Å². The van der Waals surface area contributed by atoms with Crippen molar-refractivity contribution in [2.75, 3.05) is 0 Å². The van der Waals surface area contributed by atoms with Gasteiger partial charge in [0.1, 0.15) is 5.41 Å². The second-order valence-corrected chi connectivity index (χ2v) is 3.09. The van der Waals surface area contributed by atoms with Crippen LogP contribution in [0.3, 0.4) is 0 Å². The standard InChI is InChI=1S/C9H12O2/c1-2-9(8(10)11)6-4-3-5-7-9/h1H,3-7H2,(H,10,11). The first kappa shape index (κ1) is 8.13. The molecule has 2 heteroatoms. The first-order valence-corrected chi connectivity index (χ1v) is 3.92. The Balaban J connectivity index is 2.75. The smallest absolute Gasteiger partial charge is 0.321 e. The van der Waals surface area contributed by atoms with Crippen molar-refractivity contribution in [1.82, 2.24) is 0 Å². The van der Waals surface area contributed by atoms with Gasteiger partial charge < -0.3 is 5.11 Å². The summed E-state index contributed by atoms with van der Waals surface area (Å²) < 4.78 is 0. The van der Waals surface area contributed by atoms with Gasteiger partial charge in [-0.05, 0) is 12.8 Å². The van der Waals surface area contributed by atoms with Crippen LogP contribution in [0.5, 0.6) is 0 Å². The molecule has 0 aromatic rings. The number of aliphatic carboxylic acids is 1. The number of terminal acetylenes is 1. The summed E-state index contributed by atoms with van der Waals surface area (Å²) in [5, 5.41) is 8.85. The lowest BCUT2D eigenvalue weighted by Crippen LogP contribution is -2.31. The highest BCUT2D eigenvalue weighted by molar-refractivity contribution is 5.78. The summed E-state index contributed by atoms with van der Waals surface area (Å²) in [7, 11) is 0. The molecule has 2 nitrogen and oxygen atoms in total. The second kappa shape index (κ2) is 2.96. The molecule has 11 heavy (non-hydrogen) atoms. The Morgan fingerprint density at radius 2 is 1.91 bits per heavy atom. The third-order valence-electron chi connectivity index (χ3n) is 2.39. The number of carbonyl (C=O) groups is 1. The molecule has 0 saturated heterocycles. The van der Waals surface area contributed by atoms with Crippen LogP contribution in [0.2, 0.25) is 0 Å². The van der Waals surface area contributed by atoms with Crippen LogP contribution in [-0.2, 0) is 4.79 Å². The molecule has 1 N–H and O–H groups in total. The molecule has 1 aliphatic rings. The van der Waals surface area contributed by atoms with E-state index in [2.05, 4.69) is 5.92 Å². The molecule has 0 aliphatic heterocycles. The van der Waals surface area contributed by atoms with Crippen molar-refractivity contribution in [3.63, 3.8) is 0 Å². The maximum absolute atomic E-state index is 10.8. The Labute approximate surface area is 66.6 Å². The van der Waals surface area contributed by atoms with Gasteiger partial charge in [0.2, 0.25) is 0 Å². The molecule has 0 aromatic heterocycles. The van der Waals surface area contributed by atoms with E-state index in [4.69, 9.17) is 11.5 Å². The Morgan fingerprint density at radius 1 is 1.36 bits per heavy atom. The van der Waals surface area contributed by atoms with Crippen LogP contribution in [0, 0.1) is 17.8 Å². The maximum atomic E-state index is 10.8. The highest BCUT2D eigenvalue weighted by Gasteiger charge is 2.37. The van der Waals surface area contributed by atoms with Gasteiger partial charge in [0.15, 0.2) is 0 Å². The highest BCUT2D eigenvalue weighted by Crippen LogP contribution is 2.35. The summed E-state index contributed by atoms with van der Waals surface area (Å²) in [5.41, 5.74) is -0.835. The molecule has 1 saturated carbocycles. The van der Waals surface area contributed by atoms with E-state index in [1.54, 1.807) is 0 Å². The van der Waals surface area contributed by atoms with E-state index < -0.39 is 11.4 Å². The Hall–Kier alpha value is -0.970. The fraction of sp³-hybridized carbons (Fsp3) is 0.667. The third-order valence-corrected chi connectivity index (χ3v) is 2.39. The zero-order valence-corrected chi connectivity index (χ0v) is 6.47. The lowest BCUT2D eigenvalue weighted by Gasteiger charge is -2.27. The number of hydrogen-bond donors (Lipinski definition) is 1. The van der Waals surface area contributed by atoms with Crippen LogP contribution in [0.1, 0.15) is 32.1 Å². The zero-order chi connectivity index (χ0) is 8.32. The molecule has 0 unspecified atom stereocenters. The van der Waals surface area contributed by atoms with Crippen LogP contribution in [0.4, 0.5) is 0 Å². The fourth-order valence-corrected chi connectivity index (χ4v) is 1.58. The minimum Gasteiger partial charge on any atom is -0.480 e. The van der Waals surface area contributed by atoms with Gasteiger partial charge in [-0.25, -0.2) is 0 Å². The van der Waals surface area contributed by atoms with Crippen LogP contribution in [-0.4, -0.2) is 11.1 Å². The predicted octanol–water partition coefficient (Wildman–Crippen LogP) is 1.65. The number of carboxylic acid groups (broad SMARTS) is 1. The Bertz CT molecular complexity index is 194. The van der Waals surface area contributed by atoms with E-state index in [0.717, 1.165) is 19.3 Å². The van der Waals surface area contributed by atoms with Crippen molar-refractivity contribution in [3.05, 3.63) is 0 Å². The van der Waals surface area contributed by atoms with E-state index in [-0.39, 0.29) is 0 Å². The molecule has 0 radical (unpaired) electrons. The average molecular weight is 152 g/mol. The van der Waals surface area contributed by atoms with Gasteiger partial charge >= 0.3 is 5.97 Å². The lowest BCUT2D eigenvalue weighted by atomic mass is 9.75. The first-order valence-electron chi connectivity index (χ1n) is 3.92. The minimum atomic E-state index is -0.835. The van der Waals surface area contributed by atoms with Crippen LogP contribution in [0.15, 0.2) is 0 Å². The average Bonchev–Trinajstić information content (AvgIpc) is 2.05. The Morgan fingerprint density at radius 3 is 2.18 bits per heavy atom. The van der Waals surface area contributed by atoms with Crippen molar-refractivity contribution in [2.24, 2.45) is 5.41 Å². The molecule has 0 spiro atoms. The summed E-state index contributed by atoms with van der Waals surface area (Å²) in [5.74, 6) is 1.60. The van der Waals surface area contributed by atoms with Gasteiger partial charge in [0, 0.05) is 0 Å². The fourth-order valence-electron chi connectivity index (χ4n) is 1.58. The molecular formula is C9H12O2. The van der Waals surface area contributed by atoms with Gasteiger partial charge in [0.25, 0.3) is 0 Å². The molecule has 0 atom stereocenters. The second-order valence-electron chi connectivity index (χ2n) is 3.09. The van der Waals surface area contributed by atoms with E-state index in [0.29, 0.717) is 12.8 Å². The van der Waals surface area contributed by atoms with Crippen LogP contribution in [0.25, 0.3) is 0 Å². The van der Waals surface area contributed by atoms with Gasteiger partial charge in [-0.15, -0.1) is 6.42 Å². The zero-order valence-electron chi connectivity index (χ0n) is 6.47. The van der Waals surface area contributed by atoms with Crippen LogP contribution < -0.4 is 0 Å². The molecule has 0 heterocycles. The quantitative estimate of drug-likeness (QED) is 0.580. The van der Waals surface area contributed by atoms with Crippen LogP contribution >= 0.6 is 0 Å². The van der Waals surface area contributed by atoms with Crippen molar-refractivity contribution >= 4 is 5.97 Å². The Kier molecular flexibility index (Phi) is 2.19. The van der Waals surface area contributed by atoms with E-state index >= 15 is 0 Å². The summed E-state index contributed by atoms with van der Waals surface area (Å²) in [6.45, 7) is 0. The van der Waals surface area contributed by atoms with Crippen molar-refractivity contribution in [1.29, 1.82) is 0 Å². The summed E-state index contributed by atoms with van der Waals surface area (Å²) in [6.07, 6.45) is 9.54. The van der Waals surface area contributed by atoms with Crippen molar-refractivity contribution in [2.45, 2.75) is 32.1 Å². The largest absolute Gasteiger partial charge is 0.480 e. The summed E-state index contributed by atoms with van der Waals surface area (Å²) in [6, 6.07) is 0. The van der Waals surface area contributed by atoms with E-state index in [1.807, 2.05) is 0 Å². The van der Waals surface area contributed by atoms with Gasteiger partial charge in [-0.1, -0.05) is 25.2 Å². The van der Waals surface area contributed by atoms with Crippen molar-refractivity contribution in [3.8, 4) is 12.3 Å². The molecule has 1 rings (SSSR count). The maximum Gasteiger partial charge on any atom is 0.321 e. The SMILES string of the molecule is C#CC1(C(=O)O)CCCCC1. The number of carboxylic acids is 1. The van der Waals surface area contributed by atoms with Crippen molar-refractivity contribution < 1.29 is 9.90 Å². The van der Waals surface area contributed by atoms with Gasteiger partial charge in [-0.2, -0.15) is 0 Å². The summed E-state index contributed by atoms with van der Waals surface area (Å²) in [4.78, 5) is 10.8. The van der Waals surface area contributed by atoms with E-state index in [9.17, 15) is 4.79 Å². The topological polar surface area (TPSA) is 37.3 Å². The number of hydrogen-bond acceptors (Lipinski definition) is 1. The lowest BCUT2D eigenvalue weighted by molar-refractivity contribution is -0.146. The molecule has 0 bridgehead atoms. The number of rotatable bonds is 1. The molecule has 0 amide bonds. The monoisotopic (exact) mass is 152 g/mol. The summed E-state index contributed by atoms with van der Waals surface area (Å²) >= 11 is 0. The minimum absolute atomic E-state index is 0.652. The van der Waals surface area contributed by atoms with Gasteiger partial charge in [-0.3, -0.25) is 4.79 Å². The molecule has 0 aromatic carbocycles. The predicted molar refractivity (Wildman–Crippen MR) is 42.0 cm³/mol. The molecule has 1 fully saturated rings.